The number of halogens is 1. The molecule has 2 heterocycles. The lowest BCUT2D eigenvalue weighted by atomic mass is 10.0. The fourth-order valence-electron chi connectivity index (χ4n) is 2.71. The topological polar surface area (TPSA) is 89.7 Å². The Balaban J connectivity index is 1.59. The number of ether oxygens (including phenoxy) is 1. The molecule has 0 amide bonds. The van der Waals surface area contributed by atoms with E-state index >= 15 is 0 Å². The van der Waals surface area contributed by atoms with Gasteiger partial charge in [0.2, 0.25) is 5.65 Å². The zero-order valence-electron chi connectivity index (χ0n) is 14.0. The molecule has 0 spiro atoms. The van der Waals surface area contributed by atoms with Gasteiger partial charge in [0.25, 0.3) is 0 Å². The number of nitrogens with zero attached hydrogens (tertiary/aromatic N) is 3. The van der Waals surface area contributed by atoms with Crippen molar-refractivity contribution in [2.24, 2.45) is 0 Å². The van der Waals surface area contributed by atoms with Crippen LogP contribution >= 0.6 is 0 Å². The molecule has 0 saturated carbocycles. The van der Waals surface area contributed by atoms with Crippen LogP contribution in [-0.4, -0.2) is 20.4 Å². The highest BCUT2D eigenvalue weighted by Crippen LogP contribution is 2.26. The molecular formula is C19H16FN5O. The summed E-state index contributed by atoms with van der Waals surface area (Å²) in [6.45, 7) is 2.06. The molecule has 0 fully saturated rings. The van der Waals surface area contributed by atoms with E-state index in [0.29, 0.717) is 34.9 Å². The molecule has 3 N–H and O–H groups in total. The summed E-state index contributed by atoms with van der Waals surface area (Å²) in [6, 6.07) is 14.6. The van der Waals surface area contributed by atoms with Crippen LogP contribution in [0.4, 0.5) is 10.2 Å². The van der Waals surface area contributed by atoms with Gasteiger partial charge in [0.15, 0.2) is 11.3 Å². The van der Waals surface area contributed by atoms with Gasteiger partial charge >= 0.3 is 0 Å². The van der Waals surface area contributed by atoms with Crippen molar-refractivity contribution in [2.75, 3.05) is 5.73 Å². The van der Waals surface area contributed by atoms with Gasteiger partial charge in [0.05, 0.1) is 0 Å². The molecule has 0 aliphatic carbocycles. The maximum atomic E-state index is 13.8. The number of H-pyrrole nitrogens is 1. The van der Waals surface area contributed by atoms with Crippen LogP contribution in [-0.2, 0) is 6.61 Å². The van der Waals surface area contributed by atoms with Gasteiger partial charge in [-0.25, -0.2) is 9.37 Å². The molecular weight excluding hydrogens is 333 g/mol. The number of benzene rings is 2. The van der Waals surface area contributed by atoms with Crippen LogP contribution < -0.4 is 10.5 Å². The van der Waals surface area contributed by atoms with Crippen LogP contribution in [0.1, 0.15) is 11.1 Å². The average Bonchev–Trinajstić information content (AvgIpc) is 3.10. The molecule has 0 unspecified atom stereocenters. The van der Waals surface area contributed by atoms with Crippen LogP contribution in [0.2, 0.25) is 0 Å². The summed E-state index contributed by atoms with van der Waals surface area (Å²) in [5.74, 6) is 0.600. The average molecular weight is 349 g/mol. The van der Waals surface area contributed by atoms with Crippen LogP contribution in [0.15, 0.2) is 48.5 Å². The van der Waals surface area contributed by atoms with Crippen LogP contribution in [0, 0.1) is 12.7 Å². The third-order valence-corrected chi connectivity index (χ3v) is 4.10. The quantitative estimate of drug-likeness (QED) is 0.587. The first-order chi connectivity index (χ1) is 12.6. The lowest BCUT2D eigenvalue weighted by molar-refractivity contribution is 0.309. The zero-order valence-corrected chi connectivity index (χ0v) is 14.0. The number of hydrogen-bond acceptors (Lipinski definition) is 5. The van der Waals surface area contributed by atoms with Gasteiger partial charge < -0.3 is 10.5 Å². The van der Waals surface area contributed by atoms with Gasteiger partial charge in [0, 0.05) is 6.07 Å². The number of aromatic amines is 1. The summed E-state index contributed by atoms with van der Waals surface area (Å²) in [6.07, 6.45) is 0. The number of hydrogen-bond donors (Lipinski definition) is 2. The van der Waals surface area contributed by atoms with Crippen molar-refractivity contribution in [1.82, 2.24) is 20.4 Å². The third kappa shape index (κ3) is 3.06. The molecule has 26 heavy (non-hydrogen) atoms. The van der Waals surface area contributed by atoms with E-state index < -0.39 is 0 Å². The Morgan fingerprint density at radius 1 is 1.08 bits per heavy atom. The Morgan fingerprint density at radius 2 is 1.92 bits per heavy atom. The maximum absolute atomic E-state index is 13.8. The predicted octanol–water partition coefficient (Wildman–Crippen LogP) is 3.63. The number of fused-ring (bicyclic) bond motifs is 1. The van der Waals surface area contributed by atoms with E-state index in [1.165, 1.54) is 6.07 Å². The van der Waals surface area contributed by atoms with Crippen molar-refractivity contribution >= 4 is 17.0 Å². The van der Waals surface area contributed by atoms with E-state index in [4.69, 9.17) is 10.5 Å². The van der Waals surface area contributed by atoms with Gasteiger partial charge in [-0.05, 0) is 41.3 Å². The number of pyridine rings is 1. The minimum absolute atomic E-state index is 0.218. The molecule has 0 aliphatic heterocycles. The number of aromatic nitrogens is 4. The van der Waals surface area contributed by atoms with Crippen molar-refractivity contribution in [3.05, 3.63) is 65.5 Å². The van der Waals surface area contributed by atoms with E-state index in [9.17, 15) is 4.39 Å². The second kappa shape index (κ2) is 6.44. The van der Waals surface area contributed by atoms with Crippen LogP contribution in [0.3, 0.4) is 0 Å². The molecule has 0 atom stereocenters. The minimum Gasteiger partial charge on any atom is -0.486 e. The molecule has 2 aromatic carbocycles. The Bertz CT molecular complexity index is 1090. The van der Waals surface area contributed by atoms with Gasteiger partial charge in [-0.2, -0.15) is 10.3 Å². The number of aryl methyl sites for hydroxylation is 1. The lowest BCUT2D eigenvalue weighted by Crippen LogP contribution is -1.99. The molecule has 0 bridgehead atoms. The molecule has 0 radical (unpaired) electrons. The molecule has 4 aromatic rings. The zero-order chi connectivity index (χ0) is 18.1. The Morgan fingerprint density at radius 3 is 2.77 bits per heavy atom. The molecule has 0 saturated heterocycles. The first kappa shape index (κ1) is 16.0. The largest absolute Gasteiger partial charge is 0.486 e. The lowest BCUT2D eigenvalue weighted by Gasteiger charge is -2.09. The van der Waals surface area contributed by atoms with Crippen LogP contribution in [0.25, 0.3) is 22.3 Å². The smallest absolute Gasteiger partial charge is 0.207 e. The fourth-order valence-corrected chi connectivity index (χ4v) is 2.71. The van der Waals surface area contributed by atoms with Crippen molar-refractivity contribution in [1.29, 1.82) is 0 Å². The number of nitrogen functional groups attached to an aromatic ring is 1. The first-order valence-corrected chi connectivity index (χ1v) is 8.05. The summed E-state index contributed by atoms with van der Waals surface area (Å²) < 4.78 is 19.7. The molecule has 0 aliphatic rings. The Labute approximate surface area is 148 Å². The highest BCUT2D eigenvalue weighted by molar-refractivity contribution is 5.78. The summed E-state index contributed by atoms with van der Waals surface area (Å²) in [5, 5.41) is 10.5. The summed E-state index contributed by atoms with van der Waals surface area (Å²) in [4.78, 5) is 4.08. The maximum Gasteiger partial charge on any atom is 0.207 e. The molecule has 7 heteroatoms. The highest BCUT2D eigenvalue weighted by atomic mass is 19.1. The number of nitrogens with one attached hydrogen (secondary N) is 1. The van der Waals surface area contributed by atoms with Gasteiger partial charge in [-0.1, -0.05) is 30.3 Å². The monoisotopic (exact) mass is 349 g/mol. The molecule has 2 aromatic heterocycles. The standard InChI is InChI=1S/C19H16FN5O/c1-11-5-6-14(8-15(11)20)13-4-2-3-12(7-13)10-26-16-9-17(21)22-19-18(16)23-25-24-19/h2-9H,10H2,1H3,(H3,21,22,23,24,25). The molecule has 6 nitrogen and oxygen atoms in total. The van der Waals surface area contributed by atoms with E-state index in [-0.39, 0.29) is 5.82 Å². The number of rotatable bonds is 4. The van der Waals surface area contributed by atoms with Crippen molar-refractivity contribution < 1.29 is 9.13 Å². The van der Waals surface area contributed by atoms with Gasteiger partial charge in [-0.15, -0.1) is 5.10 Å². The Kier molecular flexibility index (Phi) is 3.96. The predicted molar refractivity (Wildman–Crippen MR) is 97.0 cm³/mol. The first-order valence-electron chi connectivity index (χ1n) is 8.05. The van der Waals surface area contributed by atoms with Gasteiger partial charge in [-0.3, -0.25) is 0 Å². The third-order valence-electron chi connectivity index (χ3n) is 4.10. The summed E-state index contributed by atoms with van der Waals surface area (Å²) in [7, 11) is 0. The van der Waals surface area contributed by atoms with Gasteiger partial charge in [0.1, 0.15) is 18.2 Å². The van der Waals surface area contributed by atoms with E-state index in [1.807, 2.05) is 30.3 Å². The SMILES string of the molecule is Cc1ccc(-c2cccc(COc3cc(N)nc4n[nH]nc34)c2)cc1F. The Hall–Kier alpha value is -3.48. The summed E-state index contributed by atoms with van der Waals surface area (Å²) in [5.41, 5.74) is 10.0. The minimum atomic E-state index is -0.218. The normalized spacial score (nSPS) is 11.0. The molecule has 4 rings (SSSR count). The molecule has 130 valence electrons. The summed E-state index contributed by atoms with van der Waals surface area (Å²) >= 11 is 0. The number of anilines is 1. The van der Waals surface area contributed by atoms with Crippen LogP contribution in [0.5, 0.6) is 5.75 Å². The van der Waals surface area contributed by atoms with Crippen molar-refractivity contribution in [3.8, 4) is 16.9 Å². The second-order valence-corrected chi connectivity index (χ2v) is 5.99. The van der Waals surface area contributed by atoms with E-state index in [0.717, 1.165) is 16.7 Å². The van der Waals surface area contributed by atoms with E-state index in [2.05, 4.69) is 20.4 Å². The van der Waals surface area contributed by atoms with E-state index in [1.54, 1.807) is 19.1 Å². The highest BCUT2D eigenvalue weighted by Gasteiger charge is 2.10. The van der Waals surface area contributed by atoms with Crippen molar-refractivity contribution in [3.63, 3.8) is 0 Å². The number of nitrogens with two attached hydrogens (primary N) is 1. The fraction of sp³-hybridized carbons (Fsp3) is 0.105. The second-order valence-electron chi connectivity index (χ2n) is 5.99. The van der Waals surface area contributed by atoms with Crippen molar-refractivity contribution in [2.45, 2.75) is 13.5 Å².